The first-order valence-corrected chi connectivity index (χ1v) is 14.1. The monoisotopic (exact) mass is 590 g/mol. The summed E-state index contributed by atoms with van der Waals surface area (Å²) in [4.78, 5) is 52.5. The minimum atomic E-state index is -1.08. The molecular formula is C27H38N6O7S. The number of hydrogen-bond donors (Lipinski definition) is 5. The molecule has 1 aromatic heterocycles. The molecule has 2 unspecified atom stereocenters. The maximum Gasteiger partial charge on any atom is 0.408 e. The Morgan fingerprint density at radius 3 is 2.39 bits per heavy atom. The van der Waals surface area contributed by atoms with Crippen molar-refractivity contribution >= 4 is 35.8 Å². The van der Waals surface area contributed by atoms with Gasteiger partial charge in [-0.2, -0.15) is 0 Å². The molecule has 0 saturated heterocycles. The van der Waals surface area contributed by atoms with Crippen molar-refractivity contribution < 1.29 is 33.8 Å². The highest BCUT2D eigenvalue weighted by Gasteiger charge is 2.25. The highest BCUT2D eigenvalue weighted by molar-refractivity contribution is 8.00. The SMILES string of the molecule is CCCCSC(NC(=O)OC)C(=O)NN(Cc1ccc(-c2ccccn2)cc1)CC(O)CNC(=O)CNC(=O)OC. The summed E-state index contributed by atoms with van der Waals surface area (Å²) >= 11 is 1.27. The van der Waals surface area contributed by atoms with Gasteiger partial charge in [-0.25, -0.2) is 14.6 Å². The van der Waals surface area contributed by atoms with E-state index in [1.165, 1.54) is 31.0 Å². The molecule has 0 aliphatic heterocycles. The molecule has 4 amide bonds. The number of alkyl carbamates (subject to hydrolysis) is 2. The second-order valence-corrected chi connectivity index (χ2v) is 10.0. The maximum atomic E-state index is 13.2. The molecule has 0 bridgehead atoms. The first-order valence-electron chi connectivity index (χ1n) is 13.0. The number of aliphatic hydroxyl groups is 1. The van der Waals surface area contributed by atoms with Gasteiger partial charge in [0.25, 0.3) is 5.91 Å². The van der Waals surface area contributed by atoms with Crippen LogP contribution in [0.1, 0.15) is 25.3 Å². The molecule has 0 saturated carbocycles. The highest BCUT2D eigenvalue weighted by Crippen LogP contribution is 2.18. The van der Waals surface area contributed by atoms with Crippen molar-refractivity contribution in [3.05, 3.63) is 54.2 Å². The molecule has 5 N–H and O–H groups in total. The minimum Gasteiger partial charge on any atom is -0.453 e. The van der Waals surface area contributed by atoms with Crippen LogP contribution in [0.2, 0.25) is 0 Å². The quantitative estimate of drug-likeness (QED) is 0.110. The van der Waals surface area contributed by atoms with Crippen LogP contribution in [0.5, 0.6) is 0 Å². The van der Waals surface area contributed by atoms with Gasteiger partial charge in [-0.05, 0) is 29.9 Å². The molecule has 0 radical (unpaired) electrons. The van der Waals surface area contributed by atoms with Gasteiger partial charge in [0.2, 0.25) is 5.91 Å². The Balaban J connectivity index is 2.11. The zero-order chi connectivity index (χ0) is 30.0. The second kappa shape index (κ2) is 18.5. The van der Waals surface area contributed by atoms with E-state index in [1.54, 1.807) is 6.20 Å². The van der Waals surface area contributed by atoms with Crippen molar-refractivity contribution in [1.29, 1.82) is 0 Å². The summed E-state index contributed by atoms with van der Waals surface area (Å²) in [5.74, 6) is -0.383. The normalized spacial score (nSPS) is 12.1. The van der Waals surface area contributed by atoms with Crippen LogP contribution in [-0.4, -0.2) is 90.2 Å². The third-order valence-corrected chi connectivity index (χ3v) is 6.75. The van der Waals surface area contributed by atoms with Crippen LogP contribution in [0.25, 0.3) is 11.3 Å². The van der Waals surface area contributed by atoms with E-state index in [0.717, 1.165) is 29.7 Å². The molecular weight excluding hydrogens is 552 g/mol. The van der Waals surface area contributed by atoms with E-state index < -0.39 is 35.5 Å². The van der Waals surface area contributed by atoms with Crippen LogP contribution in [0.3, 0.4) is 0 Å². The lowest BCUT2D eigenvalue weighted by Gasteiger charge is -2.28. The van der Waals surface area contributed by atoms with Gasteiger partial charge < -0.3 is 30.5 Å². The van der Waals surface area contributed by atoms with Crippen LogP contribution in [-0.2, 0) is 25.6 Å². The topological polar surface area (TPSA) is 171 Å². The molecule has 2 atom stereocenters. The third kappa shape index (κ3) is 12.9. The smallest absolute Gasteiger partial charge is 0.408 e. The van der Waals surface area contributed by atoms with Crippen molar-refractivity contribution in [2.24, 2.45) is 0 Å². The standard InChI is InChI=1S/C27H38N6O7S/c1-4-5-14-41-25(31-27(38)40-3)24(36)32-33(18-21(34)15-29-23(35)16-30-26(37)39-2)17-19-9-11-20(12-10-19)22-8-6-7-13-28-22/h6-13,21,25,34H,4-5,14-18H2,1-3H3,(H,29,35)(H,30,37)(H,31,38)(H,32,36). The summed E-state index contributed by atoms with van der Waals surface area (Å²) in [5, 5.41) is 18.5. The van der Waals surface area contributed by atoms with Crippen molar-refractivity contribution in [2.75, 3.05) is 39.6 Å². The van der Waals surface area contributed by atoms with Crippen molar-refractivity contribution in [3.8, 4) is 11.3 Å². The Labute approximate surface area is 243 Å². The van der Waals surface area contributed by atoms with E-state index in [1.807, 2.05) is 49.4 Å². The molecule has 1 heterocycles. The first-order chi connectivity index (χ1) is 19.7. The summed E-state index contributed by atoms with van der Waals surface area (Å²) in [5.41, 5.74) is 5.35. The van der Waals surface area contributed by atoms with Gasteiger partial charge in [0.05, 0.1) is 32.6 Å². The number of aliphatic hydroxyl groups excluding tert-OH is 1. The molecule has 0 aliphatic carbocycles. The predicted octanol–water partition coefficient (Wildman–Crippen LogP) is 1.63. The molecule has 0 spiro atoms. The Kier molecular flexibility index (Phi) is 15.0. The third-order valence-electron chi connectivity index (χ3n) is 5.56. The van der Waals surface area contributed by atoms with Crippen molar-refractivity contribution in [2.45, 2.75) is 37.8 Å². The zero-order valence-corrected chi connectivity index (χ0v) is 24.2. The summed E-state index contributed by atoms with van der Waals surface area (Å²) in [7, 11) is 2.40. The van der Waals surface area contributed by atoms with E-state index in [4.69, 9.17) is 0 Å². The number of ether oxygens (including phenoxy) is 2. The van der Waals surface area contributed by atoms with Gasteiger partial charge in [-0.15, -0.1) is 11.8 Å². The van der Waals surface area contributed by atoms with Crippen LogP contribution in [0.4, 0.5) is 9.59 Å². The average Bonchev–Trinajstić information content (AvgIpc) is 2.98. The fourth-order valence-electron chi connectivity index (χ4n) is 3.43. The minimum absolute atomic E-state index is 0.0526. The van der Waals surface area contributed by atoms with E-state index in [2.05, 4.69) is 35.8 Å². The van der Waals surface area contributed by atoms with Gasteiger partial charge in [-0.3, -0.25) is 20.0 Å². The van der Waals surface area contributed by atoms with Crippen molar-refractivity contribution in [1.82, 2.24) is 31.4 Å². The lowest BCUT2D eigenvalue weighted by molar-refractivity contribution is -0.127. The number of aromatic nitrogens is 1. The number of nitrogens with zero attached hydrogens (tertiary/aromatic N) is 2. The number of hydrogen-bond acceptors (Lipinski definition) is 10. The zero-order valence-electron chi connectivity index (χ0n) is 23.4. The molecule has 2 rings (SSSR count). The molecule has 41 heavy (non-hydrogen) atoms. The van der Waals surface area contributed by atoms with E-state index in [-0.39, 0.29) is 26.2 Å². The molecule has 1 aromatic carbocycles. The number of rotatable bonds is 16. The Bertz CT molecular complexity index is 1110. The second-order valence-electron chi connectivity index (χ2n) is 8.81. The first kappa shape index (κ1) is 33.3. The van der Waals surface area contributed by atoms with Gasteiger partial charge in [-0.1, -0.05) is 43.7 Å². The number of nitrogens with one attached hydrogen (secondary N) is 4. The summed E-state index contributed by atoms with van der Waals surface area (Å²) in [6, 6.07) is 13.2. The summed E-state index contributed by atoms with van der Waals surface area (Å²) < 4.78 is 9.09. The lowest BCUT2D eigenvalue weighted by atomic mass is 10.1. The van der Waals surface area contributed by atoms with E-state index in [9.17, 15) is 24.3 Å². The maximum absolute atomic E-state index is 13.2. The largest absolute Gasteiger partial charge is 0.453 e. The number of amides is 4. The number of carbonyl (C=O) groups excluding carboxylic acids is 4. The van der Waals surface area contributed by atoms with Gasteiger partial charge in [0, 0.05) is 31.4 Å². The summed E-state index contributed by atoms with van der Waals surface area (Å²) in [6.07, 6.45) is 0.915. The van der Waals surface area contributed by atoms with Gasteiger partial charge >= 0.3 is 12.2 Å². The highest BCUT2D eigenvalue weighted by atomic mass is 32.2. The van der Waals surface area contributed by atoms with E-state index in [0.29, 0.717) is 5.75 Å². The molecule has 13 nitrogen and oxygen atoms in total. The molecule has 2 aromatic rings. The van der Waals surface area contributed by atoms with Gasteiger partial charge in [0.1, 0.15) is 0 Å². The number of methoxy groups -OCH3 is 2. The van der Waals surface area contributed by atoms with Crippen LogP contribution in [0, 0.1) is 0 Å². The average molecular weight is 591 g/mol. The summed E-state index contributed by atoms with van der Waals surface area (Å²) in [6.45, 7) is 1.73. The number of carbonyl (C=O) groups is 4. The van der Waals surface area contributed by atoms with Crippen molar-refractivity contribution in [3.63, 3.8) is 0 Å². The molecule has 0 fully saturated rings. The fourth-order valence-corrected chi connectivity index (χ4v) is 4.51. The molecule has 0 aliphatic rings. The number of thioether (sulfide) groups is 1. The molecule has 224 valence electrons. The predicted molar refractivity (Wildman–Crippen MR) is 154 cm³/mol. The van der Waals surface area contributed by atoms with Crippen LogP contribution >= 0.6 is 11.8 Å². The van der Waals surface area contributed by atoms with E-state index >= 15 is 0 Å². The van der Waals surface area contributed by atoms with Crippen LogP contribution in [0.15, 0.2) is 48.7 Å². The number of hydrazine groups is 1. The Morgan fingerprint density at radius 1 is 1.02 bits per heavy atom. The fraction of sp³-hybridized carbons (Fsp3) is 0.444. The number of benzene rings is 1. The Morgan fingerprint density at radius 2 is 1.76 bits per heavy atom. The number of pyridine rings is 1. The Hall–Kier alpha value is -3.88. The number of unbranched alkanes of at least 4 members (excludes halogenated alkanes) is 1. The van der Waals surface area contributed by atoms with Gasteiger partial charge in [0.15, 0.2) is 5.37 Å². The van der Waals surface area contributed by atoms with Crippen LogP contribution < -0.4 is 21.4 Å². The lowest BCUT2D eigenvalue weighted by Crippen LogP contribution is -2.53. The molecule has 14 heteroatoms.